The Balaban J connectivity index is 0.00000441. The quantitative estimate of drug-likeness (QED) is 0.682. The number of rotatable bonds is 7. The molecule has 1 rings (SSSR count). The van der Waals surface area contributed by atoms with Crippen LogP contribution in [0.15, 0.2) is 24.3 Å². The van der Waals surface area contributed by atoms with Crippen LogP contribution in [-0.4, -0.2) is 39.1 Å². The number of para-hydroxylation sites is 1. The van der Waals surface area contributed by atoms with Crippen LogP contribution in [0.4, 0.5) is 14.5 Å². The second kappa shape index (κ2) is 8.25. The lowest BCUT2D eigenvalue weighted by Crippen LogP contribution is -2.41. The van der Waals surface area contributed by atoms with E-state index in [1.165, 1.54) is 31.2 Å². The zero-order valence-electron chi connectivity index (χ0n) is 11.8. The number of nitrogens with one attached hydrogen (secondary N) is 2. The van der Waals surface area contributed by atoms with Crippen molar-refractivity contribution in [1.29, 1.82) is 0 Å². The smallest absolute Gasteiger partial charge is 0.277 e. The van der Waals surface area contributed by atoms with Crippen LogP contribution in [0.25, 0.3) is 0 Å². The Morgan fingerprint density at radius 1 is 1.32 bits per heavy atom. The molecule has 1 aromatic carbocycles. The number of carbonyl (C=O) groups excluding carboxylic acids is 1. The van der Waals surface area contributed by atoms with Crippen LogP contribution >= 0.6 is 12.4 Å². The first-order valence-corrected chi connectivity index (χ1v) is 7.81. The average molecular weight is 358 g/mol. The average Bonchev–Trinajstić information content (AvgIpc) is 2.45. The number of amides is 1. The number of benzene rings is 1. The molecule has 126 valence electrons. The van der Waals surface area contributed by atoms with Gasteiger partial charge in [0.25, 0.3) is 11.8 Å². The second-order valence-electron chi connectivity index (χ2n) is 4.29. The van der Waals surface area contributed by atoms with E-state index in [0.717, 1.165) is 0 Å². The van der Waals surface area contributed by atoms with Crippen molar-refractivity contribution in [3.05, 3.63) is 29.8 Å². The Hall–Kier alpha value is -1.45. The van der Waals surface area contributed by atoms with Crippen LogP contribution in [0, 0.1) is 0 Å². The molecule has 0 radical (unpaired) electrons. The number of hydrogen-bond acceptors (Lipinski definition) is 4. The predicted molar refractivity (Wildman–Crippen MR) is 83.1 cm³/mol. The van der Waals surface area contributed by atoms with E-state index < -0.39 is 34.9 Å². The summed E-state index contributed by atoms with van der Waals surface area (Å²) in [6.45, 7) is -0.374. The molecule has 0 aromatic heterocycles. The summed E-state index contributed by atoms with van der Waals surface area (Å²) < 4.78 is 51.3. The van der Waals surface area contributed by atoms with E-state index in [1.807, 2.05) is 5.32 Å². The normalized spacial score (nSPS) is 11.5. The first-order chi connectivity index (χ1) is 9.71. The molecule has 0 aliphatic heterocycles. The number of nitrogens with two attached hydrogens (primary N) is 1. The predicted octanol–water partition coefficient (Wildman–Crippen LogP) is 1.19. The maximum atomic E-state index is 13.0. The lowest BCUT2D eigenvalue weighted by Gasteiger charge is -2.16. The minimum atomic E-state index is -3.57. The molecular weight excluding hydrogens is 340 g/mol. The van der Waals surface area contributed by atoms with E-state index in [2.05, 4.69) is 4.72 Å². The van der Waals surface area contributed by atoms with Gasteiger partial charge in [0, 0.05) is 0 Å². The monoisotopic (exact) mass is 357 g/mol. The number of alkyl halides is 2. The molecule has 0 spiro atoms. The van der Waals surface area contributed by atoms with E-state index in [1.54, 1.807) is 0 Å². The van der Waals surface area contributed by atoms with Crippen LogP contribution in [0.1, 0.15) is 17.3 Å². The van der Waals surface area contributed by atoms with Gasteiger partial charge in [-0.15, -0.1) is 12.4 Å². The summed E-state index contributed by atoms with van der Waals surface area (Å²) in [7, 11) is -3.57. The number of carbonyl (C=O) groups is 1. The van der Waals surface area contributed by atoms with E-state index in [9.17, 15) is 22.0 Å². The molecule has 6 nitrogen and oxygen atoms in total. The molecule has 0 heterocycles. The highest BCUT2D eigenvalue weighted by molar-refractivity contribution is 7.92. The van der Waals surface area contributed by atoms with Crippen LogP contribution in [0.2, 0.25) is 0 Å². The van der Waals surface area contributed by atoms with Crippen LogP contribution in [0.5, 0.6) is 0 Å². The Morgan fingerprint density at radius 2 is 1.91 bits per heavy atom. The van der Waals surface area contributed by atoms with Gasteiger partial charge in [0.2, 0.25) is 10.0 Å². The fourth-order valence-corrected chi connectivity index (χ4v) is 2.04. The van der Waals surface area contributed by atoms with Crippen LogP contribution < -0.4 is 15.8 Å². The topological polar surface area (TPSA) is 101 Å². The SMILES string of the molecule is CCS(=O)(=O)Nc1ccccc1C(=O)NCC(F)(F)CN.Cl. The van der Waals surface area contributed by atoms with Gasteiger partial charge in [-0.2, -0.15) is 0 Å². The van der Waals surface area contributed by atoms with E-state index in [-0.39, 0.29) is 29.4 Å². The van der Waals surface area contributed by atoms with Crippen molar-refractivity contribution in [3.8, 4) is 0 Å². The lowest BCUT2D eigenvalue weighted by atomic mass is 10.1. The second-order valence-corrected chi connectivity index (χ2v) is 6.30. The van der Waals surface area contributed by atoms with Crippen molar-refractivity contribution < 1.29 is 22.0 Å². The largest absolute Gasteiger partial charge is 0.346 e. The van der Waals surface area contributed by atoms with Gasteiger partial charge < -0.3 is 11.1 Å². The summed E-state index contributed by atoms with van der Waals surface area (Å²) in [5.74, 6) is -4.20. The van der Waals surface area contributed by atoms with Crippen molar-refractivity contribution in [2.75, 3.05) is 23.6 Å². The van der Waals surface area contributed by atoms with Gasteiger partial charge in [0.05, 0.1) is 30.1 Å². The van der Waals surface area contributed by atoms with Gasteiger partial charge in [0.15, 0.2) is 0 Å². The number of hydrogen-bond donors (Lipinski definition) is 3. The lowest BCUT2D eigenvalue weighted by molar-refractivity contribution is 0.0119. The third kappa shape index (κ3) is 6.12. The first-order valence-electron chi connectivity index (χ1n) is 6.16. The number of anilines is 1. The molecule has 4 N–H and O–H groups in total. The van der Waals surface area contributed by atoms with Gasteiger partial charge >= 0.3 is 0 Å². The summed E-state index contributed by atoms with van der Waals surface area (Å²) in [5, 5.41) is 2.03. The van der Waals surface area contributed by atoms with Crippen molar-refractivity contribution >= 4 is 34.0 Å². The zero-order chi connectivity index (χ0) is 16.1. The zero-order valence-corrected chi connectivity index (χ0v) is 13.4. The summed E-state index contributed by atoms with van der Waals surface area (Å²) >= 11 is 0. The maximum Gasteiger partial charge on any atom is 0.277 e. The van der Waals surface area contributed by atoms with Gasteiger partial charge in [-0.25, -0.2) is 17.2 Å². The number of halogens is 3. The summed E-state index contributed by atoms with van der Waals surface area (Å²) in [6, 6.07) is 5.74. The van der Waals surface area contributed by atoms with Gasteiger partial charge in [-0.1, -0.05) is 12.1 Å². The van der Waals surface area contributed by atoms with E-state index in [4.69, 9.17) is 5.73 Å². The van der Waals surface area contributed by atoms with Gasteiger partial charge in [-0.3, -0.25) is 9.52 Å². The fraction of sp³-hybridized carbons (Fsp3) is 0.417. The summed E-state index contributed by atoms with van der Waals surface area (Å²) in [6.07, 6.45) is 0. The van der Waals surface area contributed by atoms with Crippen LogP contribution in [-0.2, 0) is 10.0 Å². The molecule has 0 atom stereocenters. The van der Waals surface area contributed by atoms with E-state index >= 15 is 0 Å². The molecule has 0 aliphatic carbocycles. The fourth-order valence-electron chi connectivity index (χ4n) is 1.39. The van der Waals surface area contributed by atoms with E-state index in [0.29, 0.717) is 0 Å². The molecule has 22 heavy (non-hydrogen) atoms. The molecule has 0 unspecified atom stereocenters. The Labute approximate surface area is 133 Å². The van der Waals surface area contributed by atoms with Crippen molar-refractivity contribution in [2.45, 2.75) is 12.8 Å². The maximum absolute atomic E-state index is 13.0. The van der Waals surface area contributed by atoms with Gasteiger partial charge in [-0.05, 0) is 19.1 Å². The molecular formula is C12H18ClF2N3O3S. The third-order valence-electron chi connectivity index (χ3n) is 2.62. The molecule has 10 heteroatoms. The highest BCUT2D eigenvalue weighted by Gasteiger charge is 2.27. The molecule has 1 amide bonds. The number of sulfonamides is 1. The Morgan fingerprint density at radius 3 is 2.45 bits per heavy atom. The molecule has 0 fully saturated rings. The van der Waals surface area contributed by atoms with Crippen molar-refractivity contribution in [2.24, 2.45) is 5.73 Å². The highest BCUT2D eigenvalue weighted by Crippen LogP contribution is 2.17. The first kappa shape index (κ1) is 20.6. The highest BCUT2D eigenvalue weighted by atomic mass is 35.5. The molecule has 1 aromatic rings. The Kier molecular flexibility index (Phi) is 7.71. The minimum Gasteiger partial charge on any atom is -0.346 e. The van der Waals surface area contributed by atoms with Crippen LogP contribution in [0.3, 0.4) is 0 Å². The molecule has 0 aliphatic rings. The third-order valence-corrected chi connectivity index (χ3v) is 3.91. The molecule has 0 bridgehead atoms. The Bertz CT molecular complexity index is 611. The summed E-state index contributed by atoms with van der Waals surface area (Å²) in [4.78, 5) is 11.9. The van der Waals surface area contributed by atoms with Crippen molar-refractivity contribution in [3.63, 3.8) is 0 Å². The van der Waals surface area contributed by atoms with Crippen molar-refractivity contribution in [1.82, 2.24) is 5.32 Å². The van der Waals surface area contributed by atoms with Gasteiger partial charge in [0.1, 0.15) is 0 Å². The standard InChI is InChI=1S/C12H17F2N3O3S.ClH/c1-2-21(19,20)17-10-6-4-3-5-9(10)11(18)16-8-12(13,14)7-15;/h3-6,17H,2,7-8,15H2,1H3,(H,16,18);1H. The minimum absolute atomic E-state index is 0. The summed E-state index contributed by atoms with van der Waals surface area (Å²) in [5.41, 5.74) is 4.87. The molecule has 0 saturated carbocycles. The molecule has 0 saturated heterocycles.